The number of fused-ring (bicyclic) bond motifs is 1. The molecule has 1 aliphatic rings. The Labute approximate surface area is 179 Å². The second-order valence-corrected chi connectivity index (χ2v) is 9.34. The van der Waals surface area contributed by atoms with Crippen LogP contribution < -0.4 is 5.32 Å². The van der Waals surface area contributed by atoms with Crippen LogP contribution in [0.25, 0.3) is 0 Å². The molecular formula is C26H31NO3. The smallest absolute Gasteiger partial charge is 0.338 e. The Morgan fingerprint density at radius 1 is 1.00 bits per heavy atom. The van der Waals surface area contributed by atoms with Crippen molar-refractivity contribution in [2.24, 2.45) is 0 Å². The summed E-state index contributed by atoms with van der Waals surface area (Å²) in [6.07, 6.45) is 4.15. The van der Waals surface area contributed by atoms with Crippen LogP contribution in [0.4, 0.5) is 5.69 Å². The van der Waals surface area contributed by atoms with E-state index in [1.807, 2.05) is 0 Å². The predicted molar refractivity (Wildman–Crippen MR) is 121 cm³/mol. The van der Waals surface area contributed by atoms with E-state index in [1.54, 1.807) is 24.3 Å². The van der Waals surface area contributed by atoms with E-state index in [-0.39, 0.29) is 23.3 Å². The molecule has 30 heavy (non-hydrogen) atoms. The van der Waals surface area contributed by atoms with Crippen LogP contribution in [0.5, 0.6) is 0 Å². The monoisotopic (exact) mass is 405 g/mol. The van der Waals surface area contributed by atoms with Crippen LogP contribution in [0.1, 0.15) is 67.6 Å². The van der Waals surface area contributed by atoms with Gasteiger partial charge in [0.2, 0.25) is 5.91 Å². The van der Waals surface area contributed by atoms with Crippen molar-refractivity contribution >= 4 is 17.6 Å². The zero-order chi connectivity index (χ0) is 21.9. The molecule has 1 amide bonds. The van der Waals surface area contributed by atoms with Crippen molar-refractivity contribution in [3.05, 3.63) is 77.4 Å². The van der Waals surface area contributed by atoms with E-state index in [1.165, 1.54) is 23.6 Å². The minimum Gasteiger partial charge on any atom is -0.458 e. The van der Waals surface area contributed by atoms with E-state index in [2.05, 4.69) is 57.8 Å². The number of nitrogens with one attached hydrogen (secondary N) is 1. The first-order chi connectivity index (χ1) is 14.1. The van der Waals surface area contributed by atoms with Crippen molar-refractivity contribution in [2.45, 2.75) is 57.8 Å². The number of benzene rings is 2. The zero-order valence-electron chi connectivity index (χ0n) is 18.4. The van der Waals surface area contributed by atoms with Gasteiger partial charge in [0.1, 0.15) is 6.61 Å². The topological polar surface area (TPSA) is 55.4 Å². The molecule has 0 radical (unpaired) electrons. The average Bonchev–Trinajstić information content (AvgIpc) is 2.70. The molecule has 0 aliphatic heterocycles. The van der Waals surface area contributed by atoms with Gasteiger partial charge in [0.25, 0.3) is 0 Å². The first kappa shape index (κ1) is 21.8. The van der Waals surface area contributed by atoms with Crippen molar-refractivity contribution in [3.63, 3.8) is 0 Å². The lowest BCUT2D eigenvalue weighted by atomic mass is 9.63. The summed E-state index contributed by atoms with van der Waals surface area (Å²) >= 11 is 0. The summed E-state index contributed by atoms with van der Waals surface area (Å²) in [5, 5.41) is 2.91. The van der Waals surface area contributed by atoms with Gasteiger partial charge in [-0.05, 0) is 64.6 Å². The minimum absolute atomic E-state index is 0.0789. The van der Waals surface area contributed by atoms with Crippen molar-refractivity contribution < 1.29 is 14.3 Å². The third-order valence-electron chi connectivity index (χ3n) is 6.02. The zero-order valence-corrected chi connectivity index (χ0v) is 18.4. The molecule has 1 aliphatic carbocycles. The molecule has 3 rings (SSSR count). The lowest BCUT2D eigenvalue weighted by Gasteiger charge is -2.42. The number of carbonyl (C=O) groups excluding carboxylic acids is 2. The molecule has 0 bridgehead atoms. The second-order valence-electron chi connectivity index (χ2n) is 9.34. The Morgan fingerprint density at radius 2 is 1.63 bits per heavy atom. The molecule has 2 aromatic rings. The predicted octanol–water partition coefficient (Wildman–Crippen LogP) is 5.56. The summed E-state index contributed by atoms with van der Waals surface area (Å²) in [6, 6.07) is 13.2. The number of hydrogen-bond acceptors (Lipinski definition) is 3. The summed E-state index contributed by atoms with van der Waals surface area (Å²) in [6.45, 7) is 12.9. The lowest BCUT2D eigenvalue weighted by molar-refractivity contribution is -0.115. The van der Waals surface area contributed by atoms with Gasteiger partial charge in [0.15, 0.2) is 0 Å². The van der Waals surface area contributed by atoms with E-state index in [0.29, 0.717) is 17.7 Å². The van der Waals surface area contributed by atoms with Crippen molar-refractivity contribution in [1.29, 1.82) is 0 Å². The van der Waals surface area contributed by atoms with Crippen LogP contribution in [-0.2, 0) is 26.8 Å². The van der Waals surface area contributed by atoms with Crippen LogP contribution in [0.2, 0.25) is 0 Å². The highest BCUT2D eigenvalue weighted by Gasteiger charge is 2.36. The molecule has 0 atom stereocenters. The molecule has 0 saturated carbocycles. The summed E-state index contributed by atoms with van der Waals surface area (Å²) in [4.78, 5) is 24.4. The van der Waals surface area contributed by atoms with E-state index in [4.69, 9.17) is 4.74 Å². The first-order valence-corrected chi connectivity index (χ1v) is 10.4. The molecule has 4 nitrogen and oxygen atoms in total. The summed E-state index contributed by atoms with van der Waals surface area (Å²) in [5.41, 5.74) is 5.14. The number of carbonyl (C=O) groups is 2. The number of esters is 1. The van der Waals surface area contributed by atoms with E-state index in [0.717, 1.165) is 12.0 Å². The van der Waals surface area contributed by atoms with Gasteiger partial charge in [-0.2, -0.15) is 0 Å². The van der Waals surface area contributed by atoms with Gasteiger partial charge < -0.3 is 10.1 Å². The fraction of sp³-hybridized carbons (Fsp3) is 0.385. The Hall–Kier alpha value is -2.88. The number of ether oxygens (including phenoxy) is 1. The fourth-order valence-electron chi connectivity index (χ4n) is 4.04. The molecule has 0 saturated heterocycles. The van der Waals surface area contributed by atoms with Gasteiger partial charge in [-0.15, -0.1) is 0 Å². The van der Waals surface area contributed by atoms with Crippen LogP contribution in [0, 0.1) is 0 Å². The molecule has 158 valence electrons. The van der Waals surface area contributed by atoms with Gasteiger partial charge in [-0.1, -0.05) is 58.5 Å². The standard InChI is InChI=1S/C26H31NO3/c1-6-15-30-24(29)19-8-10-20(11-9-19)27-23(28)17-18-7-12-21-22(16-18)26(4,5)14-13-25(21,2)3/h6-12,16H,1,13-15,17H2,2-5H3,(H,27,28). The Balaban J connectivity index is 1.68. The van der Waals surface area contributed by atoms with Crippen LogP contribution in [0.15, 0.2) is 55.1 Å². The highest BCUT2D eigenvalue weighted by Crippen LogP contribution is 2.45. The second kappa shape index (κ2) is 8.47. The van der Waals surface area contributed by atoms with Crippen molar-refractivity contribution in [3.8, 4) is 0 Å². The molecule has 0 fully saturated rings. The highest BCUT2D eigenvalue weighted by molar-refractivity contribution is 5.94. The molecule has 2 aromatic carbocycles. The Morgan fingerprint density at radius 3 is 2.27 bits per heavy atom. The summed E-state index contributed by atoms with van der Waals surface area (Å²) < 4.78 is 5.01. The van der Waals surface area contributed by atoms with E-state index < -0.39 is 5.97 Å². The lowest BCUT2D eigenvalue weighted by Crippen LogP contribution is -2.34. The largest absolute Gasteiger partial charge is 0.458 e. The molecule has 4 heteroatoms. The molecule has 1 N–H and O–H groups in total. The van der Waals surface area contributed by atoms with Gasteiger partial charge in [-0.25, -0.2) is 4.79 Å². The SMILES string of the molecule is C=CCOC(=O)c1ccc(NC(=O)Cc2ccc3c(c2)C(C)(C)CCC3(C)C)cc1. The third-order valence-corrected chi connectivity index (χ3v) is 6.02. The number of amides is 1. The van der Waals surface area contributed by atoms with Crippen molar-refractivity contribution in [1.82, 2.24) is 0 Å². The molecule has 0 aromatic heterocycles. The van der Waals surface area contributed by atoms with E-state index in [9.17, 15) is 9.59 Å². The third kappa shape index (κ3) is 4.81. The summed E-state index contributed by atoms with van der Waals surface area (Å²) in [7, 11) is 0. The Kier molecular flexibility index (Phi) is 6.16. The molecular weight excluding hydrogens is 374 g/mol. The van der Waals surface area contributed by atoms with Gasteiger partial charge in [0.05, 0.1) is 12.0 Å². The minimum atomic E-state index is -0.410. The van der Waals surface area contributed by atoms with E-state index >= 15 is 0 Å². The fourth-order valence-corrected chi connectivity index (χ4v) is 4.04. The quantitative estimate of drug-likeness (QED) is 0.506. The van der Waals surface area contributed by atoms with Crippen LogP contribution in [-0.4, -0.2) is 18.5 Å². The van der Waals surface area contributed by atoms with Gasteiger partial charge >= 0.3 is 5.97 Å². The molecule has 0 heterocycles. The van der Waals surface area contributed by atoms with Crippen LogP contribution in [0.3, 0.4) is 0 Å². The molecule has 0 unspecified atom stereocenters. The summed E-state index contributed by atoms with van der Waals surface area (Å²) in [5.74, 6) is -0.489. The highest BCUT2D eigenvalue weighted by atomic mass is 16.5. The number of hydrogen-bond donors (Lipinski definition) is 1. The first-order valence-electron chi connectivity index (χ1n) is 10.4. The maximum Gasteiger partial charge on any atom is 0.338 e. The maximum absolute atomic E-state index is 12.6. The van der Waals surface area contributed by atoms with Gasteiger partial charge in [0, 0.05) is 5.69 Å². The Bertz CT molecular complexity index is 955. The van der Waals surface area contributed by atoms with Crippen molar-refractivity contribution in [2.75, 3.05) is 11.9 Å². The molecule has 0 spiro atoms. The average molecular weight is 406 g/mol. The normalized spacial score (nSPS) is 16.3. The van der Waals surface area contributed by atoms with Gasteiger partial charge in [-0.3, -0.25) is 4.79 Å². The van der Waals surface area contributed by atoms with Crippen LogP contribution >= 0.6 is 0 Å². The number of anilines is 1. The maximum atomic E-state index is 12.6. The number of rotatable bonds is 6.